The van der Waals surface area contributed by atoms with Crippen molar-refractivity contribution in [2.75, 3.05) is 17.7 Å². The molecule has 142 valence electrons. The molecule has 2 aromatic carbocycles. The molecule has 0 fully saturated rings. The summed E-state index contributed by atoms with van der Waals surface area (Å²) < 4.78 is 18.0. The first-order valence-electron chi connectivity index (χ1n) is 8.32. The van der Waals surface area contributed by atoms with E-state index < -0.39 is 11.9 Å². The molecule has 3 rings (SSSR count). The number of anilines is 3. The summed E-state index contributed by atoms with van der Waals surface area (Å²) in [5, 5.41) is 5.62. The highest BCUT2D eigenvalue weighted by Crippen LogP contribution is 2.18. The van der Waals surface area contributed by atoms with Crippen molar-refractivity contribution in [3.8, 4) is 0 Å². The minimum Gasteiger partial charge on any atom is -0.465 e. The summed E-state index contributed by atoms with van der Waals surface area (Å²) in [5.41, 5.74) is 1.35. The molecule has 0 saturated heterocycles. The molecule has 0 spiro atoms. The van der Waals surface area contributed by atoms with Crippen LogP contribution in [0.1, 0.15) is 26.7 Å². The van der Waals surface area contributed by atoms with Crippen LogP contribution in [-0.2, 0) is 4.74 Å². The molecule has 1 amide bonds. The largest absolute Gasteiger partial charge is 0.465 e. The minimum absolute atomic E-state index is 0.120. The second-order valence-corrected chi connectivity index (χ2v) is 5.85. The van der Waals surface area contributed by atoms with Crippen molar-refractivity contribution in [2.24, 2.45) is 0 Å². The molecule has 0 aliphatic rings. The SMILES string of the molecule is COC(=O)c1cccc(NC(=O)c2cc(Nc3cccc(F)c3)nc(C)n2)c1. The number of amides is 1. The standard InChI is InChI=1S/C20H17FN4O3/c1-12-22-17(11-18(23-12)24-16-8-4-6-14(21)10-16)19(26)25-15-7-3-5-13(9-15)20(27)28-2/h3-11H,1-2H3,(H,25,26)(H,22,23,24). The molecular formula is C20H17FN4O3. The van der Waals surface area contributed by atoms with E-state index in [2.05, 4.69) is 25.3 Å². The molecule has 1 aromatic heterocycles. The summed E-state index contributed by atoms with van der Waals surface area (Å²) in [5.74, 6) is -0.647. The number of esters is 1. The number of ether oxygens (including phenoxy) is 1. The molecule has 0 aliphatic carbocycles. The zero-order valence-electron chi connectivity index (χ0n) is 15.2. The molecule has 0 aliphatic heterocycles. The molecule has 0 radical (unpaired) electrons. The van der Waals surface area contributed by atoms with Gasteiger partial charge in [-0.1, -0.05) is 12.1 Å². The highest BCUT2D eigenvalue weighted by atomic mass is 19.1. The average Bonchev–Trinajstić information content (AvgIpc) is 2.67. The maximum absolute atomic E-state index is 13.3. The molecule has 8 heteroatoms. The average molecular weight is 380 g/mol. The van der Waals surface area contributed by atoms with Crippen molar-refractivity contribution in [3.05, 3.63) is 77.5 Å². The number of nitrogens with one attached hydrogen (secondary N) is 2. The van der Waals surface area contributed by atoms with Crippen LogP contribution in [0.4, 0.5) is 21.6 Å². The van der Waals surface area contributed by atoms with Crippen molar-refractivity contribution in [1.29, 1.82) is 0 Å². The van der Waals surface area contributed by atoms with E-state index in [-0.39, 0.29) is 11.5 Å². The van der Waals surface area contributed by atoms with Crippen LogP contribution in [0.15, 0.2) is 54.6 Å². The first-order valence-corrected chi connectivity index (χ1v) is 8.32. The van der Waals surface area contributed by atoms with Gasteiger partial charge in [-0.25, -0.2) is 19.2 Å². The Bertz CT molecular complexity index is 1040. The van der Waals surface area contributed by atoms with Gasteiger partial charge in [-0.2, -0.15) is 0 Å². The van der Waals surface area contributed by atoms with Crippen LogP contribution in [0.2, 0.25) is 0 Å². The molecule has 0 saturated carbocycles. The third kappa shape index (κ3) is 4.67. The Hall–Kier alpha value is -3.81. The van der Waals surface area contributed by atoms with Gasteiger partial charge < -0.3 is 15.4 Å². The maximum atomic E-state index is 13.3. The van der Waals surface area contributed by atoms with Gasteiger partial charge in [0.1, 0.15) is 23.2 Å². The number of halogens is 1. The van der Waals surface area contributed by atoms with Crippen molar-refractivity contribution in [2.45, 2.75) is 6.92 Å². The molecule has 0 unspecified atom stereocenters. The molecule has 0 atom stereocenters. The summed E-state index contributed by atoms with van der Waals surface area (Å²) in [4.78, 5) is 32.5. The summed E-state index contributed by atoms with van der Waals surface area (Å²) in [6, 6.07) is 13.7. The number of aromatic nitrogens is 2. The summed E-state index contributed by atoms with van der Waals surface area (Å²) in [7, 11) is 1.28. The van der Waals surface area contributed by atoms with Crippen molar-refractivity contribution < 1.29 is 18.7 Å². The molecule has 7 nitrogen and oxygen atoms in total. The number of nitrogens with zero attached hydrogens (tertiary/aromatic N) is 2. The fraction of sp³-hybridized carbons (Fsp3) is 0.100. The second kappa shape index (κ2) is 8.26. The van der Waals surface area contributed by atoms with Crippen LogP contribution < -0.4 is 10.6 Å². The predicted molar refractivity (Wildman–Crippen MR) is 102 cm³/mol. The van der Waals surface area contributed by atoms with Gasteiger partial charge in [0.05, 0.1) is 12.7 Å². The summed E-state index contributed by atoms with van der Waals surface area (Å²) >= 11 is 0. The van der Waals surface area contributed by atoms with E-state index in [1.54, 1.807) is 37.3 Å². The van der Waals surface area contributed by atoms with Gasteiger partial charge >= 0.3 is 5.97 Å². The lowest BCUT2D eigenvalue weighted by Crippen LogP contribution is -2.16. The monoisotopic (exact) mass is 380 g/mol. The van der Waals surface area contributed by atoms with Crippen LogP contribution in [-0.4, -0.2) is 29.0 Å². The van der Waals surface area contributed by atoms with Crippen LogP contribution in [0.3, 0.4) is 0 Å². The Kier molecular flexibility index (Phi) is 5.59. The van der Waals surface area contributed by atoms with Crippen LogP contribution in [0.5, 0.6) is 0 Å². The molecule has 2 N–H and O–H groups in total. The van der Waals surface area contributed by atoms with Gasteiger partial charge in [-0.15, -0.1) is 0 Å². The number of rotatable bonds is 5. The summed E-state index contributed by atoms with van der Waals surface area (Å²) in [6.45, 7) is 1.64. The number of aryl methyl sites for hydroxylation is 1. The quantitative estimate of drug-likeness (QED) is 0.656. The lowest BCUT2D eigenvalue weighted by molar-refractivity contribution is 0.0600. The van der Waals surface area contributed by atoms with Gasteiger partial charge in [0.25, 0.3) is 5.91 Å². The van der Waals surface area contributed by atoms with E-state index in [1.165, 1.54) is 31.4 Å². The third-order valence-electron chi connectivity index (χ3n) is 3.71. The molecule has 1 heterocycles. The zero-order valence-corrected chi connectivity index (χ0v) is 15.2. The number of carbonyl (C=O) groups excluding carboxylic acids is 2. The normalized spacial score (nSPS) is 10.2. The van der Waals surface area contributed by atoms with Gasteiger partial charge in [-0.05, 0) is 43.3 Å². The Morgan fingerprint density at radius 1 is 1.00 bits per heavy atom. The fourth-order valence-corrected chi connectivity index (χ4v) is 2.50. The third-order valence-corrected chi connectivity index (χ3v) is 3.71. The van der Waals surface area contributed by atoms with E-state index in [1.807, 2.05) is 0 Å². The first-order chi connectivity index (χ1) is 13.4. The molecule has 28 heavy (non-hydrogen) atoms. The predicted octanol–water partition coefficient (Wildman–Crippen LogP) is 3.71. The summed E-state index contributed by atoms with van der Waals surface area (Å²) in [6.07, 6.45) is 0. The number of hydrogen-bond acceptors (Lipinski definition) is 6. The highest BCUT2D eigenvalue weighted by molar-refractivity contribution is 6.04. The minimum atomic E-state index is -0.504. The lowest BCUT2D eigenvalue weighted by Gasteiger charge is -2.10. The van der Waals surface area contributed by atoms with Gasteiger partial charge in [-0.3, -0.25) is 4.79 Å². The Labute approximate surface area is 160 Å². The van der Waals surface area contributed by atoms with Crippen molar-refractivity contribution in [3.63, 3.8) is 0 Å². The molecule has 3 aromatic rings. The number of benzene rings is 2. The van der Waals surface area contributed by atoms with Crippen LogP contribution in [0, 0.1) is 12.7 Å². The zero-order chi connectivity index (χ0) is 20.1. The van der Waals surface area contributed by atoms with E-state index >= 15 is 0 Å². The van der Waals surface area contributed by atoms with E-state index in [4.69, 9.17) is 0 Å². The highest BCUT2D eigenvalue weighted by Gasteiger charge is 2.13. The van der Waals surface area contributed by atoms with Crippen LogP contribution >= 0.6 is 0 Å². The van der Waals surface area contributed by atoms with E-state index in [0.717, 1.165) is 0 Å². The number of carbonyl (C=O) groups is 2. The topological polar surface area (TPSA) is 93.2 Å². The number of hydrogen-bond donors (Lipinski definition) is 2. The second-order valence-electron chi connectivity index (χ2n) is 5.85. The fourth-order valence-electron chi connectivity index (χ4n) is 2.50. The molecular weight excluding hydrogens is 363 g/mol. The molecule has 0 bridgehead atoms. The first kappa shape index (κ1) is 19.0. The van der Waals surface area contributed by atoms with E-state index in [0.29, 0.717) is 28.6 Å². The Balaban J connectivity index is 1.80. The van der Waals surface area contributed by atoms with Gasteiger partial charge in [0.15, 0.2) is 0 Å². The van der Waals surface area contributed by atoms with Crippen LogP contribution in [0.25, 0.3) is 0 Å². The van der Waals surface area contributed by atoms with Gasteiger partial charge in [0.2, 0.25) is 0 Å². The van der Waals surface area contributed by atoms with Crippen molar-refractivity contribution in [1.82, 2.24) is 9.97 Å². The van der Waals surface area contributed by atoms with Crippen molar-refractivity contribution >= 4 is 29.1 Å². The number of methoxy groups -OCH3 is 1. The smallest absolute Gasteiger partial charge is 0.337 e. The maximum Gasteiger partial charge on any atom is 0.337 e. The Morgan fingerprint density at radius 3 is 2.50 bits per heavy atom. The lowest BCUT2D eigenvalue weighted by atomic mass is 10.2. The Morgan fingerprint density at radius 2 is 1.75 bits per heavy atom. The van der Waals surface area contributed by atoms with E-state index in [9.17, 15) is 14.0 Å². The van der Waals surface area contributed by atoms with Gasteiger partial charge in [0, 0.05) is 17.4 Å².